The van der Waals surface area contributed by atoms with Gasteiger partial charge in [0.1, 0.15) is 11.5 Å². The van der Waals surface area contributed by atoms with Crippen molar-refractivity contribution in [3.05, 3.63) is 60.7 Å². The van der Waals surface area contributed by atoms with Gasteiger partial charge in [0.05, 0.1) is 0 Å². The van der Waals surface area contributed by atoms with Crippen molar-refractivity contribution in [2.45, 2.75) is 0 Å². The largest absolute Gasteiger partial charge is 0.482 e. The number of carbonyl (C=O) groups is 2. The Bertz CT molecular complexity index is 520. The van der Waals surface area contributed by atoms with Gasteiger partial charge in [0.25, 0.3) is 0 Å². The molecule has 0 bridgehead atoms. The summed E-state index contributed by atoms with van der Waals surface area (Å²) in [5.41, 5.74) is 0. The zero-order valence-electron chi connectivity index (χ0n) is 12.4. The topological polar surface area (TPSA) is 93.1 Å². The smallest absolute Gasteiger partial charge is 0.341 e. The van der Waals surface area contributed by atoms with E-state index in [1.807, 2.05) is 12.1 Å². The molecular formula is C16H16O6Zn. The second-order valence-corrected chi connectivity index (χ2v) is 3.99. The van der Waals surface area contributed by atoms with Gasteiger partial charge in [0.2, 0.25) is 0 Å². The maximum Gasteiger partial charge on any atom is 0.341 e. The van der Waals surface area contributed by atoms with Gasteiger partial charge in [-0.15, -0.1) is 0 Å². The van der Waals surface area contributed by atoms with Crippen LogP contribution in [-0.2, 0) is 29.1 Å². The molecule has 118 valence electrons. The summed E-state index contributed by atoms with van der Waals surface area (Å²) in [6.07, 6.45) is 0. The van der Waals surface area contributed by atoms with Gasteiger partial charge in [-0.25, -0.2) is 9.59 Å². The first kappa shape index (κ1) is 20.6. The molecule has 0 saturated heterocycles. The Kier molecular flexibility index (Phi) is 10.9. The summed E-state index contributed by atoms with van der Waals surface area (Å²) >= 11 is 0. The van der Waals surface area contributed by atoms with Crippen molar-refractivity contribution < 1.29 is 48.8 Å². The van der Waals surface area contributed by atoms with Crippen LogP contribution >= 0.6 is 0 Å². The normalized spacial score (nSPS) is 8.70. The van der Waals surface area contributed by atoms with Gasteiger partial charge in [-0.2, -0.15) is 0 Å². The SMILES string of the molecule is O=C(O)COc1ccccc1.O=C(O)COc1ccccc1.[Zn]. The molecule has 0 aromatic heterocycles. The molecule has 2 aromatic carbocycles. The fourth-order valence-corrected chi connectivity index (χ4v) is 1.32. The van der Waals surface area contributed by atoms with Crippen LogP contribution in [0.1, 0.15) is 0 Å². The van der Waals surface area contributed by atoms with Crippen LogP contribution in [0, 0.1) is 0 Å². The summed E-state index contributed by atoms with van der Waals surface area (Å²) in [6, 6.07) is 17.7. The summed E-state index contributed by atoms with van der Waals surface area (Å²) in [4.78, 5) is 20.1. The van der Waals surface area contributed by atoms with Crippen LogP contribution < -0.4 is 9.47 Å². The minimum absolute atomic E-state index is 0. The van der Waals surface area contributed by atoms with Gasteiger partial charge in [-0.1, -0.05) is 36.4 Å². The molecule has 2 N–H and O–H groups in total. The molecule has 0 unspecified atom stereocenters. The summed E-state index contributed by atoms with van der Waals surface area (Å²) in [5.74, 6) is -0.771. The molecule has 6 nitrogen and oxygen atoms in total. The third kappa shape index (κ3) is 10.9. The number of hydrogen-bond acceptors (Lipinski definition) is 4. The van der Waals surface area contributed by atoms with Crippen molar-refractivity contribution in [1.82, 2.24) is 0 Å². The summed E-state index contributed by atoms with van der Waals surface area (Å²) < 4.78 is 9.74. The quantitative estimate of drug-likeness (QED) is 0.759. The average molecular weight is 370 g/mol. The van der Waals surface area contributed by atoms with Gasteiger partial charge in [-0.3, -0.25) is 0 Å². The Labute approximate surface area is 146 Å². The molecule has 2 rings (SSSR count). The second kappa shape index (κ2) is 12.2. The van der Waals surface area contributed by atoms with Crippen molar-refractivity contribution >= 4 is 11.9 Å². The number of aliphatic carboxylic acids is 2. The van der Waals surface area contributed by atoms with Gasteiger partial charge < -0.3 is 19.7 Å². The molecule has 0 saturated carbocycles. The third-order valence-corrected chi connectivity index (χ3v) is 2.21. The van der Waals surface area contributed by atoms with Gasteiger partial charge in [0, 0.05) is 19.5 Å². The number of carboxylic acid groups (broad SMARTS) is 2. The van der Waals surface area contributed by atoms with E-state index in [-0.39, 0.29) is 32.7 Å². The van der Waals surface area contributed by atoms with E-state index in [1.165, 1.54) is 0 Å². The molecule has 0 atom stereocenters. The zero-order valence-corrected chi connectivity index (χ0v) is 15.4. The molecule has 0 heterocycles. The molecule has 0 spiro atoms. The van der Waals surface area contributed by atoms with Crippen LogP contribution in [0.25, 0.3) is 0 Å². The first-order valence-corrected chi connectivity index (χ1v) is 6.37. The molecule has 0 aliphatic carbocycles. The number of hydrogen-bond donors (Lipinski definition) is 2. The molecule has 0 aliphatic heterocycles. The Morgan fingerprint density at radius 2 is 1.00 bits per heavy atom. The summed E-state index contributed by atoms with van der Waals surface area (Å²) in [7, 11) is 0. The molecule has 0 aliphatic rings. The number of benzene rings is 2. The number of ether oxygens (including phenoxy) is 2. The molecule has 23 heavy (non-hydrogen) atoms. The van der Waals surface area contributed by atoms with Crippen molar-refractivity contribution in [3.63, 3.8) is 0 Å². The monoisotopic (exact) mass is 368 g/mol. The molecule has 7 heteroatoms. The van der Waals surface area contributed by atoms with E-state index in [4.69, 9.17) is 19.7 Å². The van der Waals surface area contributed by atoms with E-state index in [9.17, 15) is 9.59 Å². The van der Waals surface area contributed by atoms with Crippen LogP contribution in [0.3, 0.4) is 0 Å². The fourth-order valence-electron chi connectivity index (χ4n) is 1.32. The maximum atomic E-state index is 10.0. The van der Waals surface area contributed by atoms with Crippen LogP contribution in [0.15, 0.2) is 60.7 Å². The number of para-hydroxylation sites is 2. The third-order valence-electron chi connectivity index (χ3n) is 2.21. The van der Waals surface area contributed by atoms with Gasteiger partial charge >= 0.3 is 11.9 Å². The van der Waals surface area contributed by atoms with Crippen molar-refractivity contribution in [2.75, 3.05) is 13.2 Å². The molecule has 0 fully saturated rings. The Hall–Kier alpha value is -2.40. The predicted molar refractivity (Wildman–Crippen MR) is 79.1 cm³/mol. The van der Waals surface area contributed by atoms with Crippen molar-refractivity contribution in [2.24, 2.45) is 0 Å². The van der Waals surface area contributed by atoms with Crippen molar-refractivity contribution in [1.29, 1.82) is 0 Å². The van der Waals surface area contributed by atoms with Crippen LogP contribution in [0.2, 0.25) is 0 Å². The first-order chi connectivity index (χ1) is 10.6. The minimum Gasteiger partial charge on any atom is -0.482 e. The van der Waals surface area contributed by atoms with Crippen LogP contribution in [-0.4, -0.2) is 35.4 Å². The first-order valence-electron chi connectivity index (χ1n) is 6.37. The van der Waals surface area contributed by atoms with E-state index in [2.05, 4.69) is 0 Å². The van der Waals surface area contributed by atoms with Gasteiger partial charge in [0.15, 0.2) is 13.2 Å². The van der Waals surface area contributed by atoms with E-state index >= 15 is 0 Å². The van der Waals surface area contributed by atoms with Crippen LogP contribution in [0.5, 0.6) is 11.5 Å². The fraction of sp³-hybridized carbons (Fsp3) is 0.125. The standard InChI is InChI=1S/2C8H8O3.Zn/c2*9-8(10)6-11-7-4-2-1-3-5-7;/h2*1-5H,6H2,(H,9,10);. The summed E-state index contributed by atoms with van der Waals surface area (Å²) in [6.45, 7) is -0.575. The van der Waals surface area contributed by atoms with Gasteiger partial charge in [-0.05, 0) is 24.3 Å². The average Bonchev–Trinajstić information content (AvgIpc) is 2.53. The number of carboxylic acids is 2. The molecule has 0 radical (unpaired) electrons. The zero-order chi connectivity index (χ0) is 16.2. The van der Waals surface area contributed by atoms with E-state index in [0.717, 1.165) is 0 Å². The van der Waals surface area contributed by atoms with Crippen LogP contribution in [0.4, 0.5) is 0 Å². The van der Waals surface area contributed by atoms with E-state index in [0.29, 0.717) is 11.5 Å². The van der Waals surface area contributed by atoms with E-state index < -0.39 is 11.9 Å². The molecule has 2 aromatic rings. The number of rotatable bonds is 6. The maximum absolute atomic E-state index is 10.0. The van der Waals surface area contributed by atoms with Crippen molar-refractivity contribution in [3.8, 4) is 11.5 Å². The predicted octanol–water partition coefficient (Wildman–Crippen LogP) is 2.30. The Morgan fingerprint density at radius 1 is 0.696 bits per heavy atom. The Morgan fingerprint density at radius 3 is 1.26 bits per heavy atom. The Balaban J connectivity index is 0.000000403. The second-order valence-electron chi connectivity index (χ2n) is 3.99. The van der Waals surface area contributed by atoms with E-state index in [1.54, 1.807) is 48.5 Å². The molecule has 0 amide bonds. The molecular weight excluding hydrogens is 354 g/mol. The summed E-state index contributed by atoms with van der Waals surface area (Å²) in [5, 5.41) is 16.5. The minimum atomic E-state index is -0.964.